The number of phenols is 1. The fourth-order valence-corrected chi connectivity index (χ4v) is 10.2. The molecule has 20 N–H and O–H groups in total. The van der Waals surface area contributed by atoms with Gasteiger partial charge in [0.05, 0.1) is 25.1 Å². The predicted octanol–water partition coefficient (Wildman–Crippen LogP) is -3.11. The van der Waals surface area contributed by atoms with Crippen LogP contribution in [0.1, 0.15) is 96.4 Å². The smallest absolute Gasteiger partial charge is 0.330 e. The second-order valence-electron chi connectivity index (χ2n) is 23.7. The molecule has 2 saturated heterocycles. The second-order valence-corrected chi connectivity index (χ2v) is 23.7. The van der Waals surface area contributed by atoms with E-state index in [0.717, 1.165) is 0 Å². The largest absolute Gasteiger partial charge is 0.508 e. The molecule has 0 spiro atoms. The minimum Gasteiger partial charge on any atom is -0.508 e. The van der Waals surface area contributed by atoms with Crippen LogP contribution >= 0.6 is 0 Å². The number of aromatic hydroxyl groups is 1. The van der Waals surface area contributed by atoms with Gasteiger partial charge in [-0.25, -0.2) is 15.2 Å². The molecule has 4 heterocycles. The van der Waals surface area contributed by atoms with Crippen molar-refractivity contribution in [2.24, 2.45) is 28.1 Å². The zero-order valence-electron chi connectivity index (χ0n) is 51.4. The maximum absolute atomic E-state index is 14.8. The molecule has 0 bridgehead atoms. The van der Waals surface area contributed by atoms with Crippen LogP contribution in [0.5, 0.6) is 5.75 Å². The number of fused-ring (bicyclic) bond motifs is 1. The number of rotatable bonds is 31. The number of primary amides is 1. The summed E-state index contributed by atoms with van der Waals surface area (Å²) >= 11 is 0. The number of aliphatic hydroxyl groups is 1. The number of likely N-dealkylation sites (tertiary alicyclic amines) is 1. The Morgan fingerprint density at radius 3 is 1.95 bits per heavy atom. The summed E-state index contributed by atoms with van der Waals surface area (Å²) in [7, 11) is 0. The summed E-state index contributed by atoms with van der Waals surface area (Å²) in [6.45, 7) is 7.28. The molecule has 32 heteroatoms. The Morgan fingerprint density at radius 1 is 0.725 bits per heavy atom. The topological polar surface area (TPSA) is 496 Å². The normalized spacial score (nSPS) is 17.0. The molecular formula is C59H84N18O14. The summed E-state index contributed by atoms with van der Waals surface area (Å²) in [5, 5.41) is 42.8. The molecule has 2 aliphatic heterocycles. The number of aliphatic hydroxyl groups excluding tert-OH is 1. The SMILES string of the molecule is CC(C)C[C@H](NC(=O)[C@@H](COC(C)(C)C)NC(=O)[C@H](Cc1ccc(O)cc1)NC(=O)[C@H](CO)NC(=O)[C@H](Cc1c[nH]c2ccccc12)NC(=O)[C@H](Cc1cnc[nH]1)NC(=O)[C@@H]1CCC(=O)N1)C(=O)N[C@@H](CCCN=C(N)N)C(=O)N1CCC[C@@H]1C(=O)NNC(N)=O. The first-order valence-electron chi connectivity index (χ1n) is 29.9. The zero-order valence-corrected chi connectivity index (χ0v) is 51.4. The molecule has 12 amide bonds. The molecule has 9 atom stereocenters. The average molecular weight is 1270 g/mol. The van der Waals surface area contributed by atoms with E-state index in [9.17, 15) is 63.0 Å². The first kappa shape index (κ1) is 70.2. The van der Waals surface area contributed by atoms with Gasteiger partial charge in [-0.15, -0.1) is 0 Å². The number of imidazole rings is 1. The van der Waals surface area contributed by atoms with Crippen LogP contribution in [0.2, 0.25) is 0 Å². The summed E-state index contributed by atoms with van der Waals surface area (Å²) in [4.78, 5) is 167. The number of hydrogen-bond donors (Lipinski definition) is 17. The van der Waals surface area contributed by atoms with Crippen molar-refractivity contribution in [3.63, 3.8) is 0 Å². The summed E-state index contributed by atoms with van der Waals surface area (Å²) < 4.78 is 6.03. The number of urea groups is 1. The highest BCUT2D eigenvalue weighted by molar-refractivity contribution is 5.99. The zero-order chi connectivity index (χ0) is 66.5. The summed E-state index contributed by atoms with van der Waals surface area (Å²) in [6.07, 6.45) is 4.91. The van der Waals surface area contributed by atoms with E-state index in [1.54, 1.807) is 65.1 Å². The van der Waals surface area contributed by atoms with Crippen molar-refractivity contribution in [2.45, 2.75) is 159 Å². The van der Waals surface area contributed by atoms with E-state index in [2.05, 4.69) is 67.9 Å². The molecule has 2 aromatic heterocycles. The van der Waals surface area contributed by atoms with Crippen LogP contribution in [-0.4, -0.2) is 187 Å². The van der Waals surface area contributed by atoms with Gasteiger partial charge in [0.1, 0.15) is 60.1 Å². The highest BCUT2D eigenvalue weighted by Crippen LogP contribution is 2.22. The van der Waals surface area contributed by atoms with Gasteiger partial charge in [-0.3, -0.25) is 58.4 Å². The monoisotopic (exact) mass is 1270 g/mol. The maximum Gasteiger partial charge on any atom is 0.330 e. The molecule has 0 radical (unpaired) electrons. The van der Waals surface area contributed by atoms with Crippen LogP contribution in [-0.2, 0) is 71.9 Å². The van der Waals surface area contributed by atoms with Crippen molar-refractivity contribution in [2.75, 3.05) is 26.3 Å². The number of amides is 12. The lowest BCUT2D eigenvalue weighted by Crippen LogP contribution is -2.62. The van der Waals surface area contributed by atoms with Crippen LogP contribution < -0.4 is 70.6 Å². The number of aromatic nitrogens is 3. The Labute approximate surface area is 524 Å². The van der Waals surface area contributed by atoms with Crippen LogP contribution in [0.15, 0.2) is 72.2 Å². The van der Waals surface area contributed by atoms with Gasteiger partial charge in [0.2, 0.25) is 53.2 Å². The Kier molecular flexibility index (Phi) is 25.6. The highest BCUT2D eigenvalue weighted by Gasteiger charge is 2.40. The molecule has 2 aliphatic rings. The van der Waals surface area contributed by atoms with E-state index in [1.165, 1.54) is 41.7 Å². The molecular weight excluding hydrogens is 1180 g/mol. The van der Waals surface area contributed by atoms with Gasteiger partial charge in [0.25, 0.3) is 5.91 Å². The number of H-pyrrole nitrogens is 2. The van der Waals surface area contributed by atoms with Crippen molar-refractivity contribution in [1.29, 1.82) is 0 Å². The van der Waals surface area contributed by atoms with Crippen LogP contribution in [0.25, 0.3) is 10.9 Å². The Morgan fingerprint density at radius 2 is 1.33 bits per heavy atom. The Balaban J connectivity index is 1.24. The third-order valence-corrected chi connectivity index (χ3v) is 14.8. The first-order valence-corrected chi connectivity index (χ1v) is 29.9. The number of hydrazine groups is 1. The van der Waals surface area contributed by atoms with Crippen molar-refractivity contribution < 1.29 is 67.7 Å². The summed E-state index contributed by atoms with van der Waals surface area (Å²) in [6, 6.07) is -0.716. The van der Waals surface area contributed by atoms with Gasteiger partial charge in [-0.2, -0.15) is 0 Å². The number of carbonyl (C=O) groups excluding carboxylic acids is 11. The number of nitrogens with zero attached hydrogens (tertiary/aromatic N) is 3. The molecule has 32 nitrogen and oxygen atoms in total. The quantitative estimate of drug-likeness (QED) is 0.0103. The van der Waals surface area contributed by atoms with E-state index >= 15 is 0 Å². The van der Waals surface area contributed by atoms with E-state index in [-0.39, 0.29) is 94.4 Å². The molecule has 6 rings (SSSR count). The number of nitrogens with two attached hydrogens (primary N) is 3. The minimum absolute atomic E-state index is 0.00453. The fraction of sp³-hybridized carbons (Fsp3) is 0.508. The lowest BCUT2D eigenvalue weighted by Gasteiger charge is -2.31. The van der Waals surface area contributed by atoms with Gasteiger partial charge in [0, 0.05) is 67.8 Å². The van der Waals surface area contributed by atoms with E-state index in [1.807, 2.05) is 5.43 Å². The second kappa shape index (κ2) is 33.1. The van der Waals surface area contributed by atoms with E-state index < -0.39 is 132 Å². The number of aromatic amines is 2. The number of guanidine groups is 1. The van der Waals surface area contributed by atoms with E-state index in [0.29, 0.717) is 34.1 Å². The molecule has 0 unspecified atom stereocenters. The number of para-hydroxylation sites is 1. The third kappa shape index (κ3) is 21.7. The average Bonchev–Trinajstić information content (AvgIpc) is 1.85. The minimum atomic E-state index is -1.80. The standard InChI is InChI=1S/C59H84N18O14/c1-31(2)22-40(49(82)68-39(12-8-20-64-57(60)61)56(89)77-21-9-13-46(77)55(88)75-76-58(62)90)69-54(87)45(29-91-59(3,4)5)74-50(83)41(23-32-14-16-35(79)17-15-32)70-53(86)44(28-78)73-51(84)42(24-33-26-65-37-11-7-6-10-36(33)37)71-52(85)43(25-34-27-63-30-66-34)72-48(81)38-18-19-47(80)67-38/h6-7,10-11,14-17,26-27,30-31,38-46,65,78-79H,8-9,12-13,18-25,28-29H2,1-5H3,(H,63,66)(H,67,80)(H,68,82)(H,69,87)(H,70,86)(H,71,85)(H,72,81)(H,73,84)(H,74,83)(H,75,88)(H4,60,61,64)(H3,62,76,90)/t38-,39-,40-,41-,42-,43-,44-,45+,46+/m0/s1. The van der Waals surface area contributed by atoms with Crippen molar-refractivity contribution in [3.8, 4) is 5.75 Å². The van der Waals surface area contributed by atoms with Crippen molar-refractivity contribution in [1.82, 2.24) is 73.2 Å². The number of ether oxygens (including phenoxy) is 1. The number of benzene rings is 2. The summed E-state index contributed by atoms with van der Waals surface area (Å²) in [5.74, 6) is -8.58. The molecule has 2 aromatic carbocycles. The van der Waals surface area contributed by atoms with Gasteiger partial charge in [0.15, 0.2) is 5.96 Å². The number of aliphatic imine (C=N–C) groups is 1. The lowest BCUT2D eigenvalue weighted by molar-refractivity contribution is -0.142. The molecule has 4 aromatic rings. The van der Waals surface area contributed by atoms with Crippen LogP contribution in [0.3, 0.4) is 0 Å². The molecule has 91 heavy (non-hydrogen) atoms. The number of carbonyl (C=O) groups is 11. The third-order valence-electron chi connectivity index (χ3n) is 14.8. The summed E-state index contributed by atoms with van der Waals surface area (Å²) in [5.41, 5.74) is 21.6. The number of nitrogens with one attached hydrogen (secondary N) is 12. The molecule has 494 valence electrons. The Hall–Kier alpha value is -9.85. The first-order chi connectivity index (χ1) is 43.2. The fourth-order valence-electron chi connectivity index (χ4n) is 10.2. The van der Waals surface area contributed by atoms with Crippen LogP contribution in [0.4, 0.5) is 4.79 Å². The maximum atomic E-state index is 14.8. The van der Waals surface area contributed by atoms with Crippen LogP contribution in [0, 0.1) is 5.92 Å². The molecule has 2 fully saturated rings. The number of phenolic OH excluding ortho intramolecular Hbond substituents is 1. The highest BCUT2D eigenvalue weighted by atomic mass is 16.5. The van der Waals surface area contributed by atoms with Gasteiger partial charge in [-0.05, 0) is 94.5 Å². The molecule has 0 saturated carbocycles. The lowest BCUT2D eigenvalue weighted by atomic mass is 10.0. The van der Waals surface area contributed by atoms with E-state index in [4.69, 9.17) is 21.9 Å². The van der Waals surface area contributed by atoms with Gasteiger partial charge < -0.3 is 89.6 Å². The predicted molar refractivity (Wildman–Crippen MR) is 329 cm³/mol. The van der Waals surface area contributed by atoms with Gasteiger partial charge in [-0.1, -0.05) is 44.2 Å². The van der Waals surface area contributed by atoms with Crippen molar-refractivity contribution in [3.05, 3.63) is 84.1 Å². The molecule has 0 aliphatic carbocycles. The van der Waals surface area contributed by atoms with Gasteiger partial charge >= 0.3 is 6.03 Å². The van der Waals surface area contributed by atoms with Crippen molar-refractivity contribution >= 4 is 82.0 Å². The number of hydrogen-bond acceptors (Lipinski definition) is 16. The Bertz CT molecular complexity index is 3240.